The second kappa shape index (κ2) is 8.09. The molecule has 1 saturated heterocycles. The third kappa shape index (κ3) is 3.48. The van der Waals surface area contributed by atoms with Gasteiger partial charge in [-0.05, 0) is 12.8 Å². The predicted octanol–water partition coefficient (Wildman–Crippen LogP) is -0.923. The summed E-state index contributed by atoms with van der Waals surface area (Å²) in [6.07, 6.45) is 3.95. The van der Waals surface area contributed by atoms with E-state index in [2.05, 4.69) is 25.4 Å². The largest absolute Gasteiger partial charge is 0.394 e. The molecule has 4 atom stereocenters. The molecule has 4 heterocycles. The lowest BCUT2D eigenvalue weighted by atomic mass is 10.1. The Morgan fingerprint density at radius 3 is 2.69 bits per heavy atom. The van der Waals surface area contributed by atoms with Crippen LogP contribution in [-0.2, 0) is 4.74 Å². The molecule has 2 fully saturated rings. The second-order valence-corrected chi connectivity index (χ2v) is 8.09. The third-order valence-corrected chi connectivity index (χ3v) is 5.97. The van der Waals surface area contributed by atoms with Crippen LogP contribution in [0.25, 0.3) is 17.1 Å². The topological polar surface area (TPSA) is 186 Å². The van der Waals surface area contributed by atoms with Gasteiger partial charge in [-0.2, -0.15) is 15.1 Å². The number of aliphatic hydroxyl groups excluding tert-OH is 3. The molecular formula is C19H24N8O5. The molecule has 2 unspecified atom stereocenters. The molecule has 13 nitrogen and oxygen atoms in total. The molecule has 32 heavy (non-hydrogen) atoms. The Labute approximate surface area is 181 Å². The van der Waals surface area contributed by atoms with Gasteiger partial charge in [-0.1, -0.05) is 12.8 Å². The van der Waals surface area contributed by atoms with Gasteiger partial charge < -0.3 is 31.1 Å². The van der Waals surface area contributed by atoms with Crippen molar-refractivity contribution in [1.29, 1.82) is 0 Å². The lowest BCUT2D eigenvalue weighted by Gasteiger charge is -2.18. The summed E-state index contributed by atoms with van der Waals surface area (Å²) in [6.45, 7) is -0.445. The van der Waals surface area contributed by atoms with Crippen molar-refractivity contribution in [2.24, 2.45) is 5.73 Å². The maximum Gasteiger partial charge on any atom is 0.254 e. The van der Waals surface area contributed by atoms with Crippen molar-refractivity contribution < 1.29 is 24.9 Å². The van der Waals surface area contributed by atoms with Gasteiger partial charge in [0.25, 0.3) is 11.9 Å². The molecule has 0 aromatic carbocycles. The van der Waals surface area contributed by atoms with Gasteiger partial charge in [0, 0.05) is 12.2 Å². The van der Waals surface area contributed by atoms with E-state index in [4.69, 9.17) is 10.5 Å². The summed E-state index contributed by atoms with van der Waals surface area (Å²) in [5.74, 6) is 0.0238. The second-order valence-electron chi connectivity index (χ2n) is 8.09. The monoisotopic (exact) mass is 444 g/mol. The highest BCUT2D eigenvalue weighted by molar-refractivity contribution is 5.92. The number of ether oxygens (including phenoxy) is 1. The van der Waals surface area contributed by atoms with Crippen molar-refractivity contribution in [2.75, 3.05) is 11.9 Å². The highest BCUT2D eigenvalue weighted by Gasteiger charge is 2.44. The Kier molecular flexibility index (Phi) is 5.25. The van der Waals surface area contributed by atoms with Crippen molar-refractivity contribution in [3.05, 3.63) is 24.3 Å². The molecular weight excluding hydrogens is 420 g/mol. The van der Waals surface area contributed by atoms with Crippen LogP contribution in [0.4, 0.5) is 5.82 Å². The van der Waals surface area contributed by atoms with E-state index in [1.54, 1.807) is 0 Å². The van der Waals surface area contributed by atoms with Crippen molar-refractivity contribution >= 4 is 22.9 Å². The number of nitrogens with two attached hydrogens (primary N) is 1. The number of fused-ring (bicyclic) bond motifs is 1. The van der Waals surface area contributed by atoms with Crippen LogP contribution in [0.15, 0.2) is 18.7 Å². The number of nitrogens with zero attached hydrogens (tertiary/aromatic N) is 6. The minimum Gasteiger partial charge on any atom is -0.394 e. The molecule has 1 amide bonds. The number of primary amides is 1. The summed E-state index contributed by atoms with van der Waals surface area (Å²) in [4.78, 5) is 25.0. The smallest absolute Gasteiger partial charge is 0.254 e. The van der Waals surface area contributed by atoms with Crippen molar-refractivity contribution in [3.8, 4) is 5.95 Å². The Morgan fingerprint density at radius 2 is 2.03 bits per heavy atom. The van der Waals surface area contributed by atoms with E-state index in [9.17, 15) is 20.1 Å². The summed E-state index contributed by atoms with van der Waals surface area (Å²) in [5, 5.41) is 37.6. The van der Waals surface area contributed by atoms with E-state index in [1.165, 1.54) is 28.0 Å². The van der Waals surface area contributed by atoms with Gasteiger partial charge >= 0.3 is 0 Å². The van der Waals surface area contributed by atoms with E-state index >= 15 is 0 Å². The van der Waals surface area contributed by atoms with Crippen LogP contribution in [0.5, 0.6) is 0 Å². The molecule has 0 bridgehead atoms. The fourth-order valence-corrected chi connectivity index (χ4v) is 4.23. The Balaban J connectivity index is 1.61. The average molecular weight is 444 g/mol. The number of imidazole rings is 1. The van der Waals surface area contributed by atoms with E-state index in [0.717, 1.165) is 25.7 Å². The maximum absolute atomic E-state index is 11.5. The third-order valence-electron chi connectivity index (χ3n) is 5.97. The first kappa shape index (κ1) is 20.8. The number of amides is 1. The van der Waals surface area contributed by atoms with Crippen LogP contribution >= 0.6 is 0 Å². The first-order valence-corrected chi connectivity index (χ1v) is 10.4. The Morgan fingerprint density at radius 1 is 1.25 bits per heavy atom. The van der Waals surface area contributed by atoms with Crippen LogP contribution < -0.4 is 11.1 Å². The van der Waals surface area contributed by atoms with Gasteiger partial charge in [-0.15, -0.1) is 0 Å². The molecule has 0 spiro atoms. The van der Waals surface area contributed by atoms with E-state index in [1.807, 2.05) is 0 Å². The normalized spacial score (nSPS) is 26.2. The highest BCUT2D eigenvalue weighted by atomic mass is 16.6. The van der Waals surface area contributed by atoms with Gasteiger partial charge in [-0.3, -0.25) is 9.36 Å². The fraction of sp³-hybridized carbons (Fsp3) is 0.526. The Hall–Kier alpha value is -3.13. The zero-order valence-corrected chi connectivity index (χ0v) is 17.1. The number of nitrogens with one attached hydrogen (secondary N) is 1. The number of carbonyl (C=O) groups is 1. The SMILES string of the molecule is NC(=O)c1cnn(-c2nc(NC3CCCC3)c3ncn([C@@H]4O[C@H](CO)C(O)C4O)c3n2)c1. The number of hydrogen-bond donors (Lipinski definition) is 5. The summed E-state index contributed by atoms with van der Waals surface area (Å²) in [5.41, 5.74) is 6.33. The fourth-order valence-electron chi connectivity index (χ4n) is 4.23. The predicted molar refractivity (Wildman–Crippen MR) is 110 cm³/mol. The highest BCUT2D eigenvalue weighted by Crippen LogP contribution is 2.33. The summed E-state index contributed by atoms with van der Waals surface area (Å²) in [6, 6.07) is 0.235. The molecule has 2 aliphatic rings. The van der Waals surface area contributed by atoms with Crippen LogP contribution in [0.3, 0.4) is 0 Å². The number of aliphatic hydroxyl groups is 3. The van der Waals surface area contributed by atoms with Gasteiger partial charge in [0.05, 0.1) is 24.7 Å². The molecule has 5 rings (SSSR count). The van der Waals surface area contributed by atoms with Crippen LogP contribution in [0.1, 0.15) is 42.3 Å². The minimum absolute atomic E-state index is 0.166. The zero-order valence-electron chi connectivity index (χ0n) is 17.1. The van der Waals surface area contributed by atoms with Gasteiger partial charge in [-0.25, -0.2) is 9.67 Å². The molecule has 3 aromatic rings. The average Bonchev–Trinajstić information content (AvgIpc) is 3.56. The molecule has 3 aromatic heterocycles. The summed E-state index contributed by atoms with van der Waals surface area (Å²) >= 11 is 0. The van der Waals surface area contributed by atoms with Crippen LogP contribution in [0, 0.1) is 0 Å². The summed E-state index contributed by atoms with van der Waals surface area (Å²) < 4.78 is 8.47. The molecule has 0 radical (unpaired) electrons. The molecule has 1 aliphatic heterocycles. The standard InChI is InChI=1S/C19H24N8O5/c20-15(31)9-5-22-27(6-9)19-24-16(23-10-3-1-2-4-10)12-17(25-19)26(8-21-12)18-14(30)13(29)11(7-28)32-18/h5-6,8,10-11,13-14,18,28-30H,1-4,7H2,(H2,20,31)(H,23,24,25)/t11-,13?,14?,18-/m1/s1. The number of carbonyl (C=O) groups excluding carboxylic acids is 1. The molecule has 170 valence electrons. The quantitative estimate of drug-likeness (QED) is 0.318. The lowest BCUT2D eigenvalue weighted by Crippen LogP contribution is -2.33. The van der Waals surface area contributed by atoms with Crippen LogP contribution in [-0.4, -0.2) is 81.5 Å². The number of anilines is 1. The van der Waals surface area contributed by atoms with Gasteiger partial charge in [0.15, 0.2) is 23.2 Å². The number of rotatable bonds is 6. The number of aromatic nitrogens is 6. The van der Waals surface area contributed by atoms with Crippen molar-refractivity contribution in [1.82, 2.24) is 29.3 Å². The molecule has 1 saturated carbocycles. The molecule has 6 N–H and O–H groups in total. The first-order valence-electron chi connectivity index (χ1n) is 10.4. The lowest BCUT2D eigenvalue weighted by molar-refractivity contribution is -0.0511. The van der Waals surface area contributed by atoms with E-state index in [-0.39, 0.29) is 17.6 Å². The zero-order chi connectivity index (χ0) is 22.4. The van der Waals surface area contributed by atoms with Crippen molar-refractivity contribution in [2.45, 2.75) is 56.3 Å². The summed E-state index contributed by atoms with van der Waals surface area (Å²) in [7, 11) is 0. The van der Waals surface area contributed by atoms with Gasteiger partial charge in [0.2, 0.25) is 0 Å². The van der Waals surface area contributed by atoms with E-state index < -0.39 is 37.1 Å². The van der Waals surface area contributed by atoms with Crippen molar-refractivity contribution in [3.63, 3.8) is 0 Å². The number of hydrogen-bond acceptors (Lipinski definition) is 10. The maximum atomic E-state index is 11.5. The molecule has 1 aliphatic carbocycles. The van der Waals surface area contributed by atoms with E-state index in [0.29, 0.717) is 17.0 Å². The Bertz CT molecular complexity index is 1140. The van der Waals surface area contributed by atoms with Gasteiger partial charge in [0.1, 0.15) is 18.3 Å². The first-order chi connectivity index (χ1) is 15.5. The minimum atomic E-state index is -1.29. The molecule has 13 heteroatoms. The van der Waals surface area contributed by atoms with Crippen LogP contribution in [0.2, 0.25) is 0 Å².